The van der Waals surface area contributed by atoms with Crippen molar-refractivity contribution in [2.45, 2.75) is 18.6 Å². The summed E-state index contributed by atoms with van der Waals surface area (Å²) in [6.45, 7) is 1.31. The Hall–Kier alpha value is -0.920. The Labute approximate surface area is 73.1 Å². The molecule has 1 atom stereocenters. The van der Waals surface area contributed by atoms with Gasteiger partial charge in [0.2, 0.25) is 0 Å². The number of halogens is 3. The quantitative estimate of drug-likeness (QED) is 0.696. The maximum atomic E-state index is 12.0. The van der Waals surface area contributed by atoms with E-state index >= 15 is 0 Å². The minimum absolute atomic E-state index is 0.229. The van der Waals surface area contributed by atoms with Crippen LogP contribution in [-0.2, 0) is 10.0 Å². The third-order valence-corrected chi connectivity index (χ3v) is 3.09. The highest BCUT2D eigenvalue weighted by Gasteiger charge is 2.51. The highest BCUT2D eigenvalue weighted by atomic mass is 32.2. The monoisotopic (exact) mass is 216 g/mol. The first-order chi connectivity index (χ1) is 5.77. The van der Waals surface area contributed by atoms with Gasteiger partial charge in [-0.1, -0.05) is 0 Å². The minimum atomic E-state index is -5.25. The summed E-state index contributed by atoms with van der Waals surface area (Å²) in [5.74, 6) is 0. The summed E-state index contributed by atoms with van der Waals surface area (Å²) >= 11 is 0. The fourth-order valence-corrected chi connectivity index (χ4v) is 1.80. The van der Waals surface area contributed by atoms with Crippen LogP contribution in [0.15, 0.2) is 12.4 Å². The summed E-state index contributed by atoms with van der Waals surface area (Å²) in [5.41, 5.74) is -5.25. The lowest BCUT2D eigenvalue weighted by Gasteiger charge is -2.22. The lowest BCUT2D eigenvalue weighted by molar-refractivity contribution is -0.0483. The van der Waals surface area contributed by atoms with Crippen molar-refractivity contribution in [1.82, 2.24) is 9.62 Å². The Bertz CT molecular complexity index is 321. The molecule has 1 heterocycles. The van der Waals surface area contributed by atoms with Crippen LogP contribution in [0.3, 0.4) is 0 Å². The van der Waals surface area contributed by atoms with Crippen LogP contribution in [0.4, 0.5) is 13.2 Å². The van der Waals surface area contributed by atoms with Crippen LogP contribution < -0.4 is 5.32 Å². The molecular formula is C5H7F3N2O2S. The van der Waals surface area contributed by atoms with Crippen LogP contribution in [-0.4, -0.2) is 24.4 Å². The second-order valence-corrected chi connectivity index (χ2v) is 4.27. The third kappa shape index (κ3) is 1.58. The standard InChI is InChI=1S/C5H7F3N2O2S/c1-4-9-2-3-10(4)13(11,12)5(6,7)8/h2-4,9H,1H3. The highest BCUT2D eigenvalue weighted by molar-refractivity contribution is 7.90. The van der Waals surface area contributed by atoms with E-state index < -0.39 is 21.7 Å². The fraction of sp³-hybridized carbons (Fsp3) is 0.600. The largest absolute Gasteiger partial charge is 0.516 e. The molecule has 1 rings (SSSR count). The lowest BCUT2D eigenvalue weighted by Crippen LogP contribution is -2.43. The van der Waals surface area contributed by atoms with Gasteiger partial charge in [-0.15, -0.1) is 0 Å². The van der Waals surface area contributed by atoms with Gasteiger partial charge in [-0.2, -0.15) is 21.6 Å². The topological polar surface area (TPSA) is 49.4 Å². The predicted octanol–water partition coefficient (Wildman–Crippen LogP) is 0.558. The number of sulfonamides is 1. The number of alkyl halides is 3. The number of hydrogen-bond donors (Lipinski definition) is 1. The van der Waals surface area contributed by atoms with Crippen molar-refractivity contribution in [3.05, 3.63) is 12.4 Å². The summed E-state index contributed by atoms with van der Waals surface area (Å²) in [6, 6.07) is 0. The molecule has 0 bridgehead atoms. The molecule has 8 heteroatoms. The van der Waals surface area contributed by atoms with E-state index in [0.717, 1.165) is 12.4 Å². The van der Waals surface area contributed by atoms with Gasteiger partial charge in [0.15, 0.2) is 0 Å². The molecule has 1 N–H and O–H groups in total. The second-order valence-electron chi connectivity index (χ2n) is 2.44. The van der Waals surface area contributed by atoms with Crippen LogP contribution in [0.25, 0.3) is 0 Å². The molecular weight excluding hydrogens is 209 g/mol. The second kappa shape index (κ2) is 2.79. The summed E-state index contributed by atoms with van der Waals surface area (Å²) < 4.78 is 57.7. The molecule has 76 valence electrons. The first-order valence-corrected chi connectivity index (χ1v) is 4.73. The van der Waals surface area contributed by atoms with Gasteiger partial charge >= 0.3 is 15.5 Å². The van der Waals surface area contributed by atoms with E-state index in [2.05, 4.69) is 5.32 Å². The van der Waals surface area contributed by atoms with Crippen LogP contribution >= 0.6 is 0 Å². The molecule has 0 spiro atoms. The molecule has 4 nitrogen and oxygen atoms in total. The molecule has 1 aliphatic heterocycles. The zero-order valence-corrected chi connectivity index (χ0v) is 7.35. The number of hydrogen-bond acceptors (Lipinski definition) is 3. The summed E-state index contributed by atoms with van der Waals surface area (Å²) in [6.07, 6.45) is 1.09. The molecule has 0 fully saturated rings. The predicted molar refractivity (Wildman–Crippen MR) is 38.6 cm³/mol. The Kier molecular flexibility index (Phi) is 2.18. The molecule has 0 aromatic rings. The van der Waals surface area contributed by atoms with Gasteiger partial charge in [0.25, 0.3) is 0 Å². The summed E-state index contributed by atoms with van der Waals surface area (Å²) in [7, 11) is -5.24. The normalized spacial score (nSPS) is 23.4. The Morgan fingerprint density at radius 3 is 2.31 bits per heavy atom. The molecule has 1 unspecified atom stereocenters. The van der Waals surface area contributed by atoms with Crippen molar-refractivity contribution in [3.63, 3.8) is 0 Å². The SMILES string of the molecule is CC1NC=CN1S(=O)(=O)C(F)(F)F. The van der Waals surface area contributed by atoms with Crippen LogP contribution in [0.2, 0.25) is 0 Å². The van der Waals surface area contributed by atoms with Crippen molar-refractivity contribution in [2.24, 2.45) is 0 Å². The Balaban J connectivity index is 3.01. The van der Waals surface area contributed by atoms with E-state index in [1.54, 1.807) is 0 Å². The maximum absolute atomic E-state index is 12.0. The molecule has 0 aromatic carbocycles. The van der Waals surface area contributed by atoms with Gasteiger partial charge in [-0.05, 0) is 6.92 Å². The first kappa shape index (κ1) is 10.2. The van der Waals surface area contributed by atoms with Crippen molar-refractivity contribution in [3.8, 4) is 0 Å². The van der Waals surface area contributed by atoms with E-state index in [-0.39, 0.29) is 4.31 Å². The molecule has 13 heavy (non-hydrogen) atoms. The van der Waals surface area contributed by atoms with Crippen LogP contribution in [0.5, 0.6) is 0 Å². The van der Waals surface area contributed by atoms with Gasteiger partial charge in [0.05, 0.1) is 0 Å². The van der Waals surface area contributed by atoms with E-state index in [9.17, 15) is 21.6 Å². The van der Waals surface area contributed by atoms with Crippen LogP contribution in [0.1, 0.15) is 6.92 Å². The Morgan fingerprint density at radius 2 is 2.00 bits per heavy atom. The molecule has 0 saturated heterocycles. The zero-order valence-electron chi connectivity index (χ0n) is 6.54. The minimum Gasteiger partial charge on any atom is -0.369 e. The summed E-state index contributed by atoms with van der Waals surface area (Å²) in [4.78, 5) is 0. The van der Waals surface area contributed by atoms with Crippen molar-refractivity contribution < 1.29 is 21.6 Å². The maximum Gasteiger partial charge on any atom is 0.516 e. The van der Waals surface area contributed by atoms with Crippen molar-refractivity contribution in [2.75, 3.05) is 0 Å². The van der Waals surface area contributed by atoms with E-state index in [0.29, 0.717) is 0 Å². The first-order valence-electron chi connectivity index (χ1n) is 3.29. The van der Waals surface area contributed by atoms with Crippen molar-refractivity contribution >= 4 is 10.0 Å². The van der Waals surface area contributed by atoms with Gasteiger partial charge in [-0.25, -0.2) is 4.31 Å². The molecule has 1 aliphatic rings. The van der Waals surface area contributed by atoms with E-state index in [4.69, 9.17) is 0 Å². The Morgan fingerprint density at radius 1 is 1.46 bits per heavy atom. The summed E-state index contributed by atoms with van der Waals surface area (Å²) in [5, 5.41) is 2.41. The number of nitrogens with zero attached hydrogens (tertiary/aromatic N) is 1. The van der Waals surface area contributed by atoms with Gasteiger partial charge in [0.1, 0.15) is 6.17 Å². The number of rotatable bonds is 1. The smallest absolute Gasteiger partial charge is 0.369 e. The van der Waals surface area contributed by atoms with E-state index in [1.165, 1.54) is 6.92 Å². The average Bonchev–Trinajstić information content (AvgIpc) is 2.32. The molecule has 0 saturated carbocycles. The molecule has 0 aliphatic carbocycles. The lowest BCUT2D eigenvalue weighted by atomic mass is 10.6. The van der Waals surface area contributed by atoms with E-state index in [1.807, 2.05) is 0 Å². The molecule has 0 aromatic heterocycles. The molecule has 0 amide bonds. The van der Waals surface area contributed by atoms with Gasteiger partial charge < -0.3 is 5.32 Å². The average molecular weight is 216 g/mol. The van der Waals surface area contributed by atoms with Gasteiger partial charge in [-0.3, -0.25) is 0 Å². The molecule has 0 radical (unpaired) electrons. The highest BCUT2D eigenvalue weighted by Crippen LogP contribution is 2.28. The van der Waals surface area contributed by atoms with Gasteiger partial charge in [0, 0.05) is 12.4 Å². The number of nitrogens with one attached hydrogen (secondary N) is 1. The van der Waals surface area contributed by atoms with Crippen molar-refractivity contribution in [1.29, 1.82) is 0 Å². The van der Waals surface area contributed by atoms with Crippen LogP contribution in [0, 0.1) is 0 Å². The third-order valence-electron chi connectivity index (χ3n) is 1.51. The zero-order chi connectivity index (χ0) is 10.3. The fourth-order valence-electron chi connectivity index (χ4n) is 0.866.